The Balaban J connectivity index is 1.99. The minimum absolute atomic E-state index is 0.0899. The van der Waals surface area contributed by atoms with Crippen LogP contribution in [0.2, 0.25) is 0 Å². The molecule has 2 aromatic rings. The van der Waals surface area contributed by atoms with E-state index in [2.05, 4.69) is 10.3 Å². The van der Waals surface area contributed by atoms with Crippen LogP contribution in [0.15, 0.2) is 29.6 Å². The highest BCUT2D eigenvalue weighted by Gasteiger charge is 2.18. The highest BCUT2D eigenvalue weighted by molar-refractivity contribution is 7.13. The van der Waals surface area contributed by atoms with E-state index in [1.54, 1.807) is 11.3 Å². The van der Waals surface area contributed by atoms with Crippen LogP contribution >= 0.6 is 11.3 Å². The number of rotatable bonds is 6. The molecule has 0 bridgehead atoms. The molecule has 4 nitrogen and oxygen atoms in total. The molecular weight excluding hydrogens is 296 g/mol. The van der Waals surface area contributed by atoms with Crippen LogP contribution in [0.4, 0.5) is 0 Å². The number of aryl methyl sites for hydroxylation is 1. The summed E-state index contributed by atoms with van der Waals surface area (Å²) in [5.74, 6) is -0.0899. The minimum atomic E-state index is -0.108. The molecule has 0 aliphatic rings. The molecular formula is C17H22N2O2S. The molecule has 1 heterocycles. The Labute approximate surface area is 135 Å². The number of hydrogen-bond acceptors (Lipinski definition) is 4. The maximum atomic E-state index is 12.2. The van der Waals surface area contributed by atoms with Gasteiger partial charge in [-0.25, -0.2) is 4.98 Å². The van der Waals surface area contributed by atoms with Gasteiger partial charge in [-0.1, -0.05) is 26.0 Å². The number of nitrogens with zero attached hydrogens (tertiary/aromatic N) is 1. The lowest BCUT2D eigenvalue weighted by atomic mass is 9.89. The van der Waals surface area contributed by atoms with E-state index in [0.717, 1.165) is 16.3 Å². The van der Waals surface area contributed by atoms with Gasteiger partial charge < -0.3 is 10.4 Å². The molecule has 1 aromatic carbocycles. The Morgan fingerprint density at radius 3 is 2.55 bits per heavy atom. The van der Waals surface area contributed by atoms with Crippen molar-refractivity contribution < 1.29 is 9.90 Å². The highest BCUT2D eigenvalue weighted by Crippen LogP contribution is 2.24. The predicted molar refractivity (Wildman–Crippen MR) is 90.1 cm³/mol. The first-order valence-electron chi connectivity index (χ1n) is 7.33. The number of carbonyl (C=O) groups excluding carboxylic acids is 1. The maximum Gasteiger partial charge on any atom is 0.251 e. The van der Waals surface area contributed by atoms with E-state index in [9.17, 15) is 4.79 Å². The zero-order valence-corrected chi connectivity index (χ0v) is 14.0. The fourth-order valence-corrected chi connectivity index (χ4v) is 2.87. The topological polar surface area (TPSA) is 62.2 Å². The van der Waals surface area contributed by atoms with Crippen LogP contribution < -0.4 is 5.32 Å². The Hall–Kier alpha value is -1.72. The maximum absolute atomic E-state index is 12.2. The molecule has 0 radical (unpaired) electrons. The van der Waals surface area contributed by atoms with E-state index < -0.39 is 0 Å². The lowest BCUT2D eigenvalue weighted by molar-refractivity contribution is 0.0928. The second-order valence-corrected chi connectivity index (χ2v) is 7.05. The van der Waals surface area contributed by atoms with Gasteiger partial charge in [0, 0.05) is 35.4 Å². The smallest absolute Gasteiger partial charge is 0.251 e. The molecule has 0 fully saturated rings. The SMILES string of the molecule is Cc1csc(-c2ccc(C(=O)NCC(C)(C)CCO)cc2)n1. The summed E-state index contributed by atoms with van der Waals surface area (Å²) in [5.41, 5.74) is 2.56. The van der Waals surface area contributed by atoms with Crippen molar-refractivity contribution in [1.82, 2.24) is 10.3 Å². The largest absolute Gasteiger partial charge is 0.396 e. The average molecular weight is 318 g/mol. The van der Waals surface area contributed by atoms with Crippen LogP contribution in [0.3, 0.4) is 0 Å². The van der Waals surface area contributed by atoms with Gasteiger partial charge in [0.2, 0.25) is 0 Å². The number of carbonyl (C=O) groups is 1. The van der Waals surface area contributed by atoms with E-state index >= 15 is 0 Å². The van der Waals surface area contributed by atoms with Crippen LogP contribution in [0.5, 0.6) is 0 Å². The van der Waals surface area contributed by atoms with Gasteiger partial charge in [0.1, 0.15) is 5.01 Å². The minimum Gasteiger partial charge on any atom is -0.396 e. The molecule has 2 N–H and O–H groups in total. The molecule has 0 saturated carbocycles. The molecule has 5 heteroatoms. The summed E-state index contributed by atoms with van der Waals surface area (Å²) < 4.78 is 0. The van der Waals surface area contributed by atoms with Crippen LogP contribution in [0.25, 0.3) is 10.6 Å². The summed E-state index contributed by atoms with van der Waals surface area (Å²) in [6.07, 6.45) is 0.662. The molecule has 0 unspecified atom stereocenters. The van der Waals surface area contributed by atoms with E-state index in [1.807, 2.05) is 50.4 Å². The third kappa shape index (κ3) is 4.39. The quantitative estimate of drug-likeness (QED) is 0.859. The second kappa shape index (κ2) is 7.03. The standard InChI is InChI=1S/C17H22N2O2S/c1-12-10-22-16(19-12)14-6-4-13(5-7-14)15(21)18-11-17(2,3)8-9-20/h4-7,10,20H,8-9,11H2,1-3H3,(H,18,21). The number of amides is 1. The van der Waals surface area contributed by atoms with E-state index in [-0.39, 0.29) is 17.9 Å². The zero-order valence-electron chi connectivity index (χ0n) is 13.2. The molecule has 22 heavy (non-hydrogen) atoms. The van der Waals surface area contributed by atoms with Gasteiger partial charge >= 0.3 is 0 Å². The van der Waals surface area contributed by atoms with Gasteiger partial charge in [-0.2, -0.15) is 0 Å². The Bertz CT molecular complexity index is 632. The monoisotopic (exact) mass is 318 g/mol. The van der Waals surface area contributed by atoms with Gasteiger partial charge in [0.15, 0.2) is 0 Å². The molecule has 0 atom stereocenters. The number of aromatic nitrogens is 1. The molecule has 118 valence electrons. The average Bonchev–Trinajstić information content (AvgIpc) is 2.92. The van der Waals surface area contributed by atoms with Gasteiger partial charge in [0.25, 0.3) is 5.91 Å². The first kappa shape index (κ1) is 16.6. The summed E-state index contributed by atoms with van der Waals surface area (Å²) in [7, 11) is 0. The molecule has 1 amide bonds. The first-order chi connectivity index (χ1) is 10.4. The molecule has 2 rings (SSSR count). The zero-order chi connectivity index (χ0) is 16.2. The van der Waals surface area contributed by atoms with Crippen molar-refractivity contribution in [2.45, 2.75) is 27.2 Å². The Morgan fingerprint density at radius 2 is 2.00 bits per heavy atom. The van der Waals surface area contributed by atoms with Crippen molar-refractivity contribution in [2.75, 3.05) is 13.2 Å². The number of thiazole rings is 1. The Morgan fingerprint density at radius 1 is 1.32 bits per heavy atom. The molecule has 0 saturated heterocycles. The van der Waals surface area contributed by atoms with Crippen molar-refractivity contribution in [3.63, 3.8) is 0 Å². The van der Waals surface area contributed by atoms with Crippen LogP contribution in [0.1, 0.15) is 36.3 Å². The van der Waals surface area contributed by atoms with Crippen molar-refractivity contribution in [3.8, 4) is 10.6 Å². The third-order valence-electron chi connectivity index (χ3n) is 3.53. The van der Waals surface area contributed by atoms with Crippen LogP contribution in [-0.2, 0) is 0 Å². The summed E-state index contributed by atoms with van der Waals surface area (Å²) in [6, 6.07) is 7.49. The van der Waals surface area contributed by atoms with E-state index in [4.69, 9.17) is 5.11 Å². The van der Waals surface area contributed by atoms with Crippen LogP contribution in [0, 0.1) is 12.3 Å². The lowest BCUT2D eigenvalue weighted by Gasteiger charge is -2.23. The van der Waals surface area contributed by atoms with E-state index in [0.29, 0.717) is 18.5 Å². The van der Waals surface area contributed by atoms with Crippen molar-refractivity contribution in [2.24, 2.45) is 5.41 Å². The fourth-order valence-electron chi connectivity index (χ4n) is 2.06. The van der Waals surface area contributed by atoms with Gasteiger partial charge in [0.05, 0.1) is 0 Å². The van der Waals surface area contributed by atoms with Gasteiger partial charge in [-0.05, 0) is 30.9 Å². The predicted octanol–water partition coefficient (Wildman–Crippen LogP) is 3.26. The number of hydrogen-bond donors (Lipinski definition) is 2. The normalized spacial score (nSPS) is 11.5. The van der Waals surface area contributed by atoms with Crippen molar-refractivity contribution in [1.29, 1.82) is 0 Å². The summed E-state index contributed by atoms with van der Waals surface area (Å²) in [6.45, 7) is 6.69. The number of aliphatic hydroxyl groups excluding tert-OH is 1. The van der Waals surface area contributed by atoms with Gasteiger partial charge in [-0.15, -0.1) is 11.3 Å². The number of benzene rings is 1. The van der Waals surface area contributed by atoms with Crippen LogP contribution in [-0.4, -0.2) is 29.1 Å². The van der Waals surface area contributed by atoms with E-state index in [1.165, 1.54) is 0 Å². The first-order valence-corrected chi connectivity index (χ1v) is 8.21. The molecule has 1 aromatic heterocycles. The molecule has 0 aliphatic carbocycles. The Kier molecular flexibility index (Phi) is 5.32. The summed E-state index contributed by atoms with van der Waals surface area (Å²) in [5, 5.41) is 14.9. The second-order valence-electron chi connectivity index (χ2n) is 6.19. The highest BCUT2D eigenvalue weighted by atomic mass is 32.1. The summed E-state index contributed by atoms with van der Waals surface area (Å²) >= 11 is 1.60. The molecule has 0 spiro atoms. The third-order valence-corrected chi connectivity index (χ3v) is 4.54. The lowest BCUT2D eigenvalue weighted by Crippen LogP contribution is -2.34. The van der Waals surface area contributed by atoms with Crippen molar-refractivity contribution in [3.05, 3.63) is 40.9 Å². The van der Waals surface area contributed by atoms with Gasteiger partial charge in [-0.3, -0.25) is 4.79 Å². The summed E-state index contributed by atoms with van der Waals surface area (Å²) in [4.78, 5) is 16.6. The van der Waals surface area contributed by atoms with Crippen molar-refractivity contribution >= 4 is 17.2 Å². The number of aliphatic hydroxyl groups is 1. The fraction of sp³-hybridized carbons (Fsp3) is 0.412. The molecule has 0 aliphatic heterocycles. The number of nitrogens with one attached hydrogen (secondary N) is 1.